The quantitative estimate of drug-likeness (QED) is 0.796. The maximum absolute atomic E-state index is 13.7. The van der Waals surface area contributed by atoms with Crippen LogP contribution in [0.3, 0.4) is 0 Å². The lowest BCUT2D eigenvalue weighted by molar-refractivity contribution is -0.123. The summed E-state index contributed by atoms with van der Waals surface area (Å²) in [4.78, 5) is 13.5. The van der Waals surface area contributed by atoms with Crippen molar-refractivity contribution in [3.05, 3.63) is 54.0 Å². The van der Waals surface area contributed by atoms with E-state index < -0.39 is 0 Å². The summed E-state index contributed by atoms with van der Waals surface area (Å²) in [5.74, 6) is -0.429. The Balaban J connectivity index is 2.27. The van der Waals surface area contributed by atoms with Crippen LogP contribution in [0.2, 0.25) is 0 Å². The van der Waals surface area contributed by atoms with Gasteiger partial charge in [0, 0.05) is 29.5 Å². The summed E-state index contributed by atoms with van der Waals surface area (Å²) >= 11 is 0. The highest BCUT2D eigenvalue weighted by atomic mass is 19.1. The fraction of sp³-hybridized carbons (Fsp3) is 0.267. The van der Waals surface area contributed by atoms with Crippen molar-refractivity contribution in [2.24, 2.45) is 0 Å². The predicted octanol–water partition coefficient (Wildman–Crippen LogP) is 3.37. The number of rotatable bonds is 4. The van der Waals surface area contributed by atoms with Crippen LogP contribution in [0.4, 0.5) is 4.39 Å². The first-order chi connectivity index (χ1) is 8.65. The van der Waals surface area contributed by atoms with Crippen LogP contribution in [-0.2, 0) is 4.79 Å². The molecule has 1 heterocycles. The van der Waals surface area contributed by atoms with E-state index >= 15 is 0 Å². The molecule has 0 aromatic heterocycles. The highest BCUT2D eigenvalue weighted by molar-refractivity contribution is 6.06. The number of carbonyl (C=O) groups is 1. The number of amides is 1. The van der Waals surface area contributed by atoms with Gasteiger partial charge in [0.05, 0.1) is 0 Å². The number of nitrogens with zero attached hydrogens (tertiary/aromatic N) is 1. The first-order valence-electron chi connectivity index (χ1n) is 6.12. The molecule has 1 amide bonds. The Bertz CT molecular complexity index is 519. The summed E-state index contributed by atoms with van der Waals surface area (Å²) in [6.07, 6.45) is 3.39. The van der Waals surface area contributed by atoms with Crippen LogP contribution in [0.1, 0.15) is 25.3 Å². The average Bonchev–Trinajstić information content (AvgIpc) is 2.63. The zero-order valence-electron chi connectivity index (χ0n) is 10.4. The number of allylic oxidation sites excluding steroid dienone is 1. The van der Waals surface area contributed by atoms with E-state index in [4.69, 9.17) is 0 Å². The highest BCUT2D eigenvalue weighted by Crippen LogP contribution is 2.32. The van der Waals surface area contributed by atoms with Crippen LogP contribution in [0, 0.1) is 5.82 Å². The number of halogens is 1. The van der Waals surface area contributed by atoms with Crippen LogP contribution in [0.5, 0.6) is 0 Å². The number of benzene rings is 1. The van der Waals surface area contributed by atoms with E-state index in [1.165, 1.54) is 12.1 Å². The van der Waals surface area contributed by atoms with E-state index in [9.17, 15) is 9.18 Å². The molecule has 0 spiro atoms. The molecule has 1 aromatic rings. The van der Waals surface area contributed by atoms with Crippen LogP contribution in [0.25, 0.3) is 5.57 Å². The molecule has 1 aliphatic heterocycles. The standard InChI is InChI=1S/C15H16FNO/c1-3-4-9-17-11(2)13(10-15(17)18)12-7-5-6-8-14(12)16/h5-8,10H,2-4,9H2,1H3. The molecule has 0 fully saturated rings. The Hall–Kier alpha value is -1.90. The van der Waals surface area contributed by atoms with Crippen LogP contribution >= 0.6 is 0 Å². The van der Waals surface area contributed by atoms with Crippen molar-refractivity contribution >= 4 is 11.5 Å². The van der Waals surface area contributed by atoms with Gasteiger partial charge in [-0.25, -0.2) is 4.39 Å². The van der Waals surface area contributed by atoms with Crippen LogP contribution in [-0.4, -0.2) is 17.4 Å². The van der Waals surface area contributed by atoms with Crippen molar-refractivity contribution in [2.75, 3.05) is 6.54 Å². The molecule has 0 aliphatic carbocycles. The van der Waals surface area contributed by atoms with Crippen molar-refractivity contribution in [2.45, 2.75) is 19.8 Å². The number of hydrogen-bond acceptors (Lipinski definition) is 1. The molecular formula is C15H16FNO. The van der Waals surface area contributed by atoms with E-state index in [-0.39, 0.29) is 11.7 Å². The Morgan fingerprint density at radius 3 is 2.72 bits per heavy atom. The Kier molecular flexibility index (Phi) is 3.60. The first kappa shape index (κ1) is 12.6. The zero-order valence-corrected chi connectivity index (χ0v) is 10.4. The van der Waals surface area contributed by atoms with E-state index in [0.717, 1.165) is 12.8 Å². The topological polar surface area (TPSA) is 20.3 Å². The van der Waals surface area contributed by atoms with Crippen molar-refractivity contribution in [3.8, 4) is 0 Å². The number of hydrogen-bond donors (Lipinski definition) is 0. The fourth-order valence-corrected chi connectivity index (χ4v) is 2.04. The van der Waals surface area contributed by atoms with Crippen molar-refractivity contribution in [3.63, 3.8) is 0 Å². The minimum Gasteiger partial charge on any atom is -0.309 e. The van der Waals surface area contributed by atoms with E-state index in [0.29, 0.717) is 23.4 Å². The third-order valence-corrected chi connectivity index (χ3v) is 3.07. The maximum atomic E-state index is 13.7. The van der Waals surface area contributed by atoms with Gasteiger partial charge < -0.3 is 4.90 Å². The van der Waals surface area contributed by atoms with Gasteiger partial charge in [-0.1, -0.05) is 38.1 Å². The molecule has 0 unspecified atom stereocenters. The second kappa shape index (κ2) is 5.17. The lowest BCUT2D eigenvalue weighted by atomic mass is 10.0. The Labute approximate surface area is 106 Å². The Morgan fingerprint density at radius 2 is 2.06 bits per heavy atom. The van der Waals surface area contributed by atoms with Crippen LogP contribution < -0.4 is 0 Å². The van der Waals surface area contributed by atoms with Gasteiger partial charge in [0.25, 0.3) is 5.91 Å². The minimum absolute atomic E-state index is 0.105. The van der Waals surface area contributed by atoms with Gasteiger partial charge in [-0.2, -0.15) is 0 Å². The molecule has 2 nitrogen and oxygen atoms in total. The summed E-state index contributed by atoms with van der Waals surface area (Å²) in [6.45, 7) is 6.61. The second-order valence-electron chi connectivity index (χ2n) is 4.33. The maximum Gasteiger partial charge on any atom is 0.251 e. The molecule has 2 rings (SSSR count). The molecule has 0 N–H and O–H groups in total. The Morgan fingerprint density at radius 1 is 1.33 bits per heavy atom. The van der Waals surface area contributed by atoms with E-state index in [2.05, 4.69) is 13.5 Å². The van der Waals surface area contributed by atoms with Gasteiger partial charge in [0.15, 0.2) is 0 Å². The van der Waals surface area contributed by atoms with E-state index in [1.54, 1.807) is 23.1 Å². The van der Waals surface area contributed by atoms with Crippen molar-refractivity contribution in [1.82, 2.24) is 4.90 Å². The molecule has 18 heavy (non-hydrogen) atoms. The lowest BCUT2D eigenvalue weighted by Gasteiger charge is -2.18. The molecule has 3 heteroatoms. The molecule has 0 atom stereocenters. The zero-order chi connectivity index (χ0) is 13.1. The summed E-state index contributed by atoms with van der Waals surface area (Å²) in [7, 11) is 0. The highest BCUT2D eigenvalue weighted by Gasteiger charge is 2.27. The van der Waals surface area contributed by atoms with Gasteiger partial charge in [-0.05, 0) is 12.5 Å². The lowest BCUT2D eigenvalue weighted by Crippen LogP contribution is -2.24. The fourth-order valence-electron chi connectivity index (χ4n) is 2.04. The normalized spacial score (nSPS) is 15.2. The molecule has 0 radical (unpaired) electrons. The minimum atomic E-state index is -0.324. The summed E-state index contributed by atoms with van der Waals surface area (Å²) in [5, 5.41) is 0. The van der Waals surface area contributed by atoms with Gasteiger partial charge >= 0.3 is 0 Å². The molecule has 1 aromatic carbocycles. The number of unbranched alkanes of at least 4 members (excludes halogenated alkanes) is 1. The van der Waals surface area contributed by atoms with Crippen LogP contribution in [0.15, 0.2) is 42.6 Å². The average molecular weight is 245 g/mol. The molecule has 94 valence electrons. The monoisotopic (exact) mass is 245 g/mol. The second-order valence-corrected chi connectivity index (χ2v) is 4.33. The summed E-state index contributed by atoms with van der Waals surface area (Å²) in [6, 6.07) is 6.45. The molecule has 0 bridgehead atoms. The molecular weight excluding hydrogens is 229 g/mol. The van der Waals surface area contributed by atoms with E-state index in [1.807, 2.05) is 0 Å². The van der Waals surface area contributed by atoms with Crippen molar-refractivity contribution in [1.29, 1.82) is 0 Å². The molecule has 1 aliphatic rings. The summed E-state index contributed by atoms with van der Waals surface area (Å²) < 4.78 is 13.7. The first-order valence-corrected chi connectivity index (χ1v) is 6.12. The van der Waals surface area contributed by atoms with Crippen molar-refractivity contribution < 1.29 is 9.18 Å². The SMILES string of the molecule is C=C1C(c2ccccc2F)=CC(=O)N1CCCC. The summed E-state index contributed by atoms with van der Waals surface area (Å²) in [5.41, 5.74) is 1.63. The van der Waals surface area contributed by atoms with Gasteiger partial charge in [0.1, 0.15) is 5.82 Å². The molecule has 0 saturated carbocycles. The van der Waals surface area contributed by atoms with Gasteiger partial charge in [0.2, 0.25) is 0 Å². The largest absolute Gasteiger partial charge is 0.309 e. The third-order valence-electron chi connectivity index (χ3n) is 3.07. The predicted molar refractivity (Wildman–Crippen MR) is 70.1 cm³/mol. The molecule has 0 saturated heterocycles. The third kappa shape index (κ3) is 2.21. The van der Waals surface area contributed by atoms with Gasteiger partial charge in [-0.3, -0.25) is 4.79 Å². The number of carbonyl (C=O) groups excluding carboxylic acids is 1. The van der Waals surface area contributed by atoms with Gasteiger partial charge in [-0.15, -0.1) is 0 Å². The smallest absolute Gasteiger partial charge is 0.251 e.